The molecule has 1 fully saturated rings. The highest BCUT2D eigenvalue weighted by atomic mass is 31.1. The summed E-state index contributed by atoms with van der Waals surface area (Å²) in [7, 11) is 0.182. The molecule has 0 radical (unpaired) electrons. The quantitative estimate of drug-likeness (QED) is 0.371. The Balaban J connectivity index is 2.45. The number of terminal acetylenes is 1. The van der Waals surface area contributed by atoms with Gasteiger partial charge in [0.1, 0.15) is 0 Å². The summed E-state index contributed by atoms with van der Waals surface area (Å²) in [6, 6.07) is 0. The lowest BCUT2D eigenvalue weighted by Gasteiger charge is -2.14. The van der Waals surface area contributed by atoms with Crippen LogP contribution in [0.4, 0.5) is 0 Å². The van der Waals surface area contributed by atoms with E-state index >= 15 is 0 Å². The van der Waals surface area contributed by atoms with Crippen molar-refractivity contribution in [3.8, 4) is 12.3 Å². The summed E-state index contributed by atoms with van der Waals surface area (Å²) in [6.07, 6.45) is 12.3. The molecule has 0 aromatic heterocycles. The summed E-state index contributed by atoms with van der Waals surface area (Å²) in [6.45, 7) is 2.35. The first-order valence-corrected chi connectivity index (χ1v) is 6.05. The van der Waals surface area contributed by atoms with E-state index in [-0.39, 0.29) is 7.92 Å². The van der Waals surface area contributed by atoms with Gasteiger partial charge in [-0.2, -0.15) is 0 Å². The maximum atomic E-state index is 5.43. The largest absolute Gasteiger partial charge is 0.119 e. The second kappa shape index (κ2) is 3.99. The predicted octanol–water partition coefficient (Wildman–Crippen LogP) is 2.67. The monoisotopic (exact) mass is 154 g/mol. The average Bonchev–Trinajstić information content (AvgIpc) is 2.13. The fourth-order valence-electron chi connectivity index (χ4n) is 1.46. The molecule has 0 aromatic carbocycles. The Kier molecular flexibility index (Phi) is 3.23. The van der Waals surface area contributed by atoms with E-state index in [1.165, 1.54) is 31.8 Å². The lowest BCUT2D eigenvalue weighted by molar-refractivity contribution is 0.706. The smallest absolute Gasteiger partial charge is 0.0396 e. The molecule has 1 rings (SSSR count). The lowest BCUT2D eigenvalue weighted by atomic mass is 10.2. The van der Waals surface area contributed by atoms with Gasteiger partial charge in [0.25, 0.3) is 0 Å². The van der Waals surface area contributed by atoms with E-state index in [4.69, 9.17) is 6.42 Å². The first-order valence-electron chi connectivity index (χ1n) is 4.01. The van der Waals surface area contributed by atoms with Crippen molar-refractivity contribution >= 4 is 7.92 Å². The van der Waals surface area contributed by atoms with Gasteiger partial charge in [-0.05, 0) is 25.7 Å². The molecule has 1 aliphatic rings. The SMILES string of the molecule is C#C[C@H]1CCCCCP1C. The van der Waals surface area contributed by atoms with Crippen molar-refractivity contribution in [1.29, 1.82) is 0 Å². The van der Waals surface area contributed by atoms with Gasteiger partial charge in [-0.15, -0.1) is 6.42 Å². The fraction of sp³-hybridized carbons (Fsp3) is 0.778. The summed E-state index contributed by atoms with van der Waals surface area (Å²) in [5.74, 6) is 2.92. The fourth-order valence-corrected chi connectivity index (χ4v) is 3.37. The van der Waals surface area contributed by atoms with Crippen LogP contribution < -0.4 is 0 Å². The van der Waals surface area contributed by atoms with Crippen LogP contribution in [0.5, 0.6) is 0 Å². The van der Waals surface area contributed by atoms with Crippen LogP contribution in [-0.4, -0.2) is 18.5 Å². The van der Waals surface area contributed by atoms with Gasteiger partial charge in [-0.1, -0.05) is 26.7 Å². The van der Waals surface area contributed by atoms with Crippen LogP contribution in [0, 0.1) is 12.3 Å². The van der Waals surface area contributed by atoms with E-state index < -0.39 is 0 Å². The van der Waals surface area contributed by atoms with Gasteiger partial charge in [0.05, 0.1) is 0 Å². The third kappa shape index (κ3) is 1.99. The van der Waals surface area contributed by atoms with Crippen molar-refractivity contribution in [3.05, 3.63) is 0 Å². The van der Waals surface area contributed by atoms with Crippen molar-refractivity contribution in [2.45, 2.75) is 31.3 Å². The Morgan fingerprint density at radius 2 is 2.20 bits per heavy atom. The second-order valence-corrected chi connectivity index (χ2v) is 5.60. The lowest BCUT2D eigenvalue weighted by Crippen LogP contribution is -2.00. The highest BCUT2D eigenvalue weighted by Crippen LogP contribution is 2.42. The third-order valence-corrected chi connectivity index (χ3v) is 4.71. The first-order chi connectivity index (χ1) is 4.84. The molecule has 1 saturated heterocycles. The molecule has 0 nitrogen and oxygen atoms in total. The first kappa shape index (κ1) is 8.09. The molecule has 0 aliphatic carbocycles. The molecule has 0 spiro atoms. The molecule has 0 saturated carbocycles. The van der Waals surface area contributed by atoms with Gasteiger partial charge in [0.2, 0.25) is 0 Å². The molecule has 0 amide bonds. The van der Waals surface area contributed by atoms with Crippen molar-refractivity contribution in [1.82, 2.24) is 0 Å². The number of hydrogen-bond donors (Lipinski definition) is 0. The van der Waals surface area contributed by atoms with Crippen molar-refractivity contribution in [2.24, 2.45) is 0 Å². The topological polar surface area (TPSA) is 0 Å². The van der Waals surface area contributed by atoms with Crippen LogP contribution in [0.25, 0.3) is 0 Å². The highest BCUT2D eigenvalue weighted by Gasteiger charge is 2.16. The van der Waals surface area contributed by atoms with Gasteiger partial charge >= 0.3 is 0 Å². The summed E-state index contributed by atoms with van der Waals surface area (Å²) < 4.78 is 0. The molecular formula is C9H15P. The van der Waals surface area contributed by atoms with Crippen LogP contribution in [0.3, 0.4) is 0 Å². The predicted molar refractivity (Wildman–Crippen MR) is 48.8 cm³/mol. The zero-order chi connectivity index (χ0) is 7.40. The zero-order valence-corrected chi connectivity index (χ0v) is 7.53. The van der Waals surface area contributed by atoms with Crippen LogP contribution in [-0.2, 0) is 0 Å². The minimum atomic E-state index is 0.182. The number of rotatable bonds is 0. The zero-order valence-electron chi connectivity index (χ0n) is 6.64. The Labute approximate surface area is 65.2 Å². The summed E-state index contributed by atoms with van der Waals surface area (Å²) >= 11 is 0. The van der Waals surface area contributed by atoms with Crippen LogP contribution in [0.15, 0.2) is 0 Å². The molecule has 0 N–H and O–H groups in total. The van der Waals surface area contributed by atoms with Gasteiger partial charge in [-0.25, -0.2) is 0 Å². The van der Waals surface area contributed by atoms with Crippen molar-refractivity contribution in [2.75, 3.05) is 12.8 Å². The Morgan fingerprint density at radius 3 is 2.90 bits per heavy atom. The van der Waals surface area contributed by atoms with Gasteiger partial charge in [-0.3, -0.25) is 0 Å². The van der Waals surface area contributed by atoms with Gasteiger partial charge in [0.15, 0.2) is 0 Å². The molecule has 2 atom stereocenters. The molecule has 1 unspecified atom stereocenters. The minimum Gasteiger partial charge on any atom is -0.119 e. The van der Waals surface area contributed by atoms with E-state index in [0.717, 1.165) is 0 Å². The van der Waals surface area contributed by atoms with E-state index in [0.29, 0.717) is 5.66 Å². The standard InChI is InChI=1S/C9H15P/c1-3-9-7-5-4-6-8-10(9)2/h1,9H,4-8H2,2H3/t9-,10?/m0/s1. The third-order valence-electron chi connectivity index (χ3n) is 2.21. The molecule has 10 heavy (non-hydrogen) atoms. The molecular weight excluding hydrogens is 139 g/mol. The highest BCUT2D eigenvalue weighted by molar-refractivity contribution is 7.57. The van der Waals surface area contributed by atoms with Crippen LogP contribution >= 0.6 is 7.92 Å². The molecule has 1 heterocycles. The second-order valence-electron chi connectivity index (χ2n) is 3.01. The van der Waals surface area contributed by atoms with Gasteiger partial charge < -0.3 is 0 Å². The Morgan fingerprint density at radius 1 is 1.40 bits per heavy atom. The Bertz CT molecular complexity index is 134. The molecule has 0 bridgehead atoms. The molecule has 1 aliphatic heterocycles. The van der Waals surface area contributed by atoms with Gasteiger partial charge in [0, 0.05) is 5.66 Å². The van der Waals surface area contributed by atoms with Crippen molar-refractivity contribution < 1.29 is 0 Å². The maximum Gasteiger partial charge on any atom is 0.0396 e. The molecule has 1 heteroatoms. The maximum absolute atomic E-state index is 5.43. The summed E-state index contributed by atoms with van der Waals surface area (Å²) in [5.41, 5.74) is 0.637. The summed E-state index contributed by atoms with van der Waals surface area (Å²) in [5, 5.41) is 0. The average molecular weight is 154 g/mol. The number of hydrogen-bond acceptors (Lipinski definition) is 0. The minimum absolute atomic E-state index is 0.182. The van der Waals surface area contributed by atoms with E-state index in [2.05, 4.69) is 12.6 Å². The van der Waals surface area contributed by atoms with Crippen LogP contribution in [0.2, 0.25) is 0 Å². The van der Waals surface area contributed by atoms with Crippen molar-refractivity contribution in [3.63, 3.8) is 0 Å². The normalized spacial score (nSPS) is 34.4. The van der Waals surface area contributed by atoms with Crippen LogP contribution in [0.1, 0.15) is 25.7 Å². The molecule has 0 aromatic rings. The van der Waals surface area contributed by atoms with E-state index in [1.54, 1.807) is 0 Å². The Hall–Kier alpha value is -0.0100. The summed E-state index contributed by atoms with van der Waals surface area (Å²) in [4.78, 5) is 0. The molecule has 56 valence electrons. The van der Waals surface area contributed by atoms with E-state index in [1.807, 2.05) is 0 Å². The van der Waals surface area contributed by atoms with E-state index in [9.17, 15) is 0 Å².